The Morgan fingerprint density at radius 3 is 2.80 bits per heavy atom. The van der Waals surface area contributed by atoms with Crippen LogP contribution in [0.4, 0.5) is 0 Å². The van der Waals surface area contributed by atoms with Crippen molar-refractivity contribution in [1.29, 1.82) is 0 Å². The van der Waals surface area contributed by atoms with E-state index >= 15 is 0 Å². The summed E-state index contributed by atoms with van der Waals surface area (Å²) in [6.45, 7) is 6.86. The highest BCUT2D eigenvalue weighted by Crippen LogP contribution is 2.61. The Hall–Kier alpha value is -1.09. The average molecular weight is 294 g/mol. The molecule has 1 aromatic heterocycles. The number of fused-ring (bicyclic) bond motifs is 2. The maximum Gasteiger partial charge on any atom is 0.341 e. The van der Waals surface area contributed by atoms with Gasteiger partial charge in [0.15, 0.2) is 0 Å². The zero-order valence-corrected chi connectivity index (χ0v) is 12.9. The van der Waals surface area contributed by atoms with Gasteiger partial charge in [0.05, 0.1) is 5.56 Å². The van der Waals surface area contributed by atoms with Crippen molar-refractivity contribution in [2.24, 2.45) is 23.2 Å². The third kappa shape index (κ3) is 2.03. The summed E-state index contributed by atoms with van der Waals surface area (Å²) < 4.78 is 5.70. The van der Waals surface area contributed by atoms with Crippen LogP contribution in [-0.4, -0.2) is 17.1 Å². The van der Waals surface area contributed by atoms with Gasteiger partial charge in [-0.2, -0.15) is 0 Å². The lowest BCUT2D eigenvalue weighted by atomic mass is 9.45. The highest BCUT2D eigenvalue weighted by molar-refractivity contribution is 6.32. The van der Waals surface area contributed by atoms with Crippen LogP contribution in [0.5, 0.6) is 0 Å². The zero-order chi connectivity index (χ0) is 14.5. The van der Waals surface area contributed by atoms with Gasteiger partial charge in [-0.3, -0.25) is 0 Å². The summed E-state index contributed by atoms with van der Waals surface area (Å²) in [6, 6.07) is 3.36. The molecule has 0 radical (unpaired) electrons. The topological polar surface area (TPSA) is 39.2 Å². The number of halogens is 1. The number of carbonyl (C=O) groups is 1. The zero-order valence-electron chi connectivity index (χ0n) is 12.1. The Kier molecular flexibility index (Phi) is 3.28. The van der Waals surface area contributed by atoms with Crippen molar-refractivity contribution >= 4 is 17.6 Å². The molecule has 0 N–H and O–H groups in total. The molecule has 108 valence electrons. The van der Waals surface area contributed by atoms with Crippen LogP contribution in [0.25, 0.3) is 0 Å². The monoisotopic (exact) mass is 293 g/mol. The molecule has 0 aliphatic heterocycles. The standard InChI is InChI=1S/C16H20ClNO2/c1-9-12-7-10(16(12,2)3)8-13(9)20-15(19)11-5-4-6-18-14(11)17/h4-6,9-10,12-13H,7-8H2,1-3H3/t9-,10-,12-,13-/m1/s1. The van der Waals surface area contributed by atoms with Crippen LogP contribution in [0, 0.1) is 23.2 Å². The summed E-state index contributed by atoms with van der Waals surface area (Å²) in [4.78, 5) is 16.1. The summed E-state index contributed by atoms with van der Waals surface area (Å²) in [6.07, 6.45) is 3.82. The lowest BCUT2D eigenvalue weighted by Gasteiger charge is -2.61. The second-order valence-electron chi connectivity index (χ2n) is 6.74. The molecular formula is C16H20ClNO2. The number of aromatic nitrogens is 1. The predicted octanol–water partition coefficient (Wildman–Crippen LogP) is 3.96. The van der Waals surface area contributed by atoms with Crippen molar-refractivity contribution in [3.63, 3.8) is 0 Å². The molecule has 4 atom stereocenters. The van der Waals surface area contributed by atoms with E-state index in [0.29, 0.717) is 28.7 Å². The molecule has 0 amide bonds. The van der Waals surface area contributed by atoms with Crippen molar-refractivity contribution < 1.29 is 9.53 Å². The second-order valence-corrected chi connectivity index (χ2v) is 7.10. The highest BCUT2D eigenvalue weighted by Gasteiger charge is 2.57. The molecule has 0 aromatic carbocycles. The smallest absolute Gasteiger partial charge is 0.341 e. The van der Waals surface area contributed by atoms with Gasteiger partial charge in [-0.1, -0.05) is 32.4 Å². The minimum absolute atomic E-state index is 0.00977. The van der Waals surface area contributed by atoms with Crippen molar-refractivity contribution in [2.75, 3.05) is 0 Å². The molecule has 3 fully saturated rings. The molecule has 20 heavy (non-hydrogen) atoms. The van der Waals surface area contributed by atoms with Crippen LogP contribution >= 0.6 is 11.6 Å². The first kappa shape index (κ1) is 13.9. The number of esters is 1. The molecule has 3 aliphatic carbocycles. The molecule has 3 nitrogen and oxygen atoms in total. The van der Waals surface area contributed by atoms with Gasteiger partial charge in [0, 0.05) is 6.20 Å². The Morgan fingerprint density at radius 2 is 2.20 bits per heavy atom. The van der Waals surface area contributed by atoms with E-state index in [4.69, 9.17) is 16.3 Å². The molecule has 1 heterocycles. The molecule has 2 bridgehead atoms. The first-order chi connectivity index (χ1) is 9.41. The molecule has 1 aromatic rings. The van der Waals surface area contributed by atoms with Gasteiger partial charge in [0.1, 0.15) is 11.3 Å². The maximum atomic E-state index is 12.2. The number of carbonyl (C=O) groups excluding carboxylic acids is 1. The van der Waals surface area contributed by atoms with E-state index in [0.717, 1.165) is 6.42 Å². The molecule has 0 unspecified atom stereocenters. The summed E-state index contributed by atoms with van der Waals surface area (Å²) in [5.41, 5.74) is 0.758. The molecule has 0 saturated heterocycles. The van der Waals surface area contributed by atoms with Gasteiger partial charge < -0.3 is 4.74 Å². The largest absolute Gasteiger partial charge is 0.458 e. The van der Waals surface area contributed by atoms with E-state index in [9.17, 15) is 4.79 Å². The van der Waals surface area contributed by atoms with Gasteiger partial charge in [-0.15, -0.1) is 0 Å². The van der Waals surface area contributed by atoms with Crippen LogP contribution in [0.2, 0.25) is 5.15 Å². The summed E-state index contributed by atoms with van der Waals surface area (Å²) in [5, 5.41) is 0.214. The highest BCUT2D eigenvalue weighted by atomic mass is 35.5. The van der Waals surface area contributed by atoms with E-state index in [2.05, 4.69) is 25.8 Å². The van der Waals surface area contributed by atoms with E-state index in [-0.39, 0.29) is 17.2 Å². The molecule has 4 heteroatoms. The quantitative estimate of drug-likeness (QED) is 0.612. The number of ether oxygens (including phenoxy) is 1. The van der Waals surface area contributed by atoms with Crippen LogP contribution < -0.4 is 0 Å². The van der Waals surface area contributed by atoms with Gasteiger partial charge in [-0.25, -0.2) is 9.78 Å². The van der Waals surface area contributed by atoms with Crippen molar-refractivity contribution in [3.05, 3.63) is 29.0 Å². The normalized spacial score (nSPS) is 34.2. The number of rotatable bonds is 2. The van der Waals surface area contributed by atoms with Gasteiger partial charge >= 0.3 is 5.97 Å². The number of pyridine rings is 1. The Morgan fingerprint density at radius 1 is 1.45 bits per heavy atom. The van der Waals surface area contributed by atoms with Crippen LogP contribution in [-0.2, 0) is 4.74 Å². The van der Waals surface area contributed by atoms with Crippen LogP contribution in [0.3, 0.4) is 0 Å². The maximum absolute atomic E-state index is 12.2. The fourth-order valence-electron chi connectivity index (χ4n) is 4.00. The van der Waals surface area contributed by atoms with Crippen LogP contribution in [0.15, 0.2) is 18.3 Å². The van der Waals surface area contributed by atoms with E-state index in [1.807, 2.05) is 0 Å². The van der Waals surface area contributed by atoms with E-state index in [1.54, 1.807) is 18.3 Å². The predicted molar refractivity (Wildman–Crippen MR) is 77.6 cm³/mol. The SMILES string of the molecule is C[C@@H]1[C@H]2C[C@H](C[C@H]1OC(=O)c1cccnc1Cl)C2(C)C. The van der Waals surface area contributed by atoms with Crippen molar-refractivity contribution in [2.45, 2.75) is 39.7 Å². The minimum atomic E-state index is -0.348. The first-order valence-electron chi connectivity index (χ1n) is 7.22. The summed E-state index contributed by atoms with van der Waals surface area (Å²) in [7, 11) is 0. The van der Waals surface area contributed by atoms with Gasteiger partial charge in [-0.05, 0) is 48.1 Å². The van der Waals surface area contributed by atoms with Gasteiger partial charge in [0.2, 0.25) is 0 Å². The van der Waals surface area contributed by atoms with E-state index < -0.39 is 0 Å². The van der Waals surface area contributed by atoms with E-state index in [1.165, 1.54) is 6.42 Å². The Balaban J connectivity index is 1.71. The lowest BCUT2D eigenvalue weighted by Crippen LogP contribution is -2.57. The number of hydrogen-bond donors (Lipinski definition) is 0. The molecule has 3 aliphatic rings. The Labute approximate surface area is 124 Å². The average Bonchev–Trinajstić information content (AvgIpc) is 2.40. The van der Waals surface area contributed by atoms with Crippen molar-refractivity contribution in [1.82, 2.24) is 4.98 Å². The molecule has 0 spiro atoms. The third-order valence-electron chi connectivity index (χ3n) is 5.52. The minimum Gasteiger partial charge on any atom is -0.458 e. The number of nitrogens with zero attached hydrogens (tertiary/aromatic N) is 1. The molecule has 3 saturated carbocycles. The third-order valence-corrected chi connectivity index (χ3v) is 5.82. The fraction of sp³-hybridized carbons (Fsp3) is 0.625. The summed E-state index contributed by atoms with van der Waals surface area (Å²) >= 11 is 5.94. The number of hydrogen-bond acceptors (Lipinski definition) is 3. The molecule has 4 rings (SSSR count). The van der Waals surface area contributed by atoms with Gasteiger partial charge in [0.25, 0.3) is 0 Å². The van der Waals surface area contributed by atoms with Crippen LogP contribution in [0.1, 0.15) is 44.0 Å². The Bertz CT molecular complexity index is 543. The fourth-order valence-corrected chi connectivity index (χ4v) is 4.19. The second kappa shape index (κ2) is 4.73. The first-order valence-corrected chi connectivity index (χ1v) is 7.60. The lowest BCUT2D eigenvalue weighted by molar-refractivity contribution is -0.156. The summed E-state index contributed by atoms with van der Waals surface area (Å²) in [5.74, 6) is 1.39. The molecular weight excluding hydrogens is 274 g/mol. The van der Waals surface area contributed by atoms with Crippen molar-refractivity contribution in [3.8, 4) is 0 Å².